The van der Waals surface area contributed by atoms with Crippen molar-refractivity contribution in [2.75, 3.05) is 50.8 Å². The van der Waals surface area contributed by atoms with Crippen molar-refractivity contribution in [3.63, 3.8) is 0 Å². The van der Waals surface area contributed by atoms with Gasteiger partial charge in [-0.1, -0.05) is 0 Å². The van der Waals surface area contributed by atoms with E-state index in [2.05, 4.69) is 14.9 Å². The summed E-state index contributed by atoms with van der Waals surface area (Å²) >= 11 is 0. The predicted molar refractivity (Wildman–Crippen MR) is 99.1 cm³/mol. The highest BCUT2D eigenvalue weighted by Gasteiger charge is 2.34. The van der Waals surface area contributed by atoms with Crippen LogP contribution < -0.4 is 4.90 Å². The maximum absolute atomic E-state index is 12.9. The van der Waals surface area contributed by atoms with E-state index in [1.807, 2.05) is 9.80 Å². The van der Waals surface area contributed by atoms with E-state index < -0.39 is 0 Å². The number of aromatic nitrogens is 2. The van der Waals surface area contributed by atoms with Crippen LogP contribution in [0.3, 0.4) is 0 Å². The molecule has 0 bridgehead atoms. The van der Waals surface area contributed by atoms with Crippen LogP contribution in [0, 0.1) is 5.92 Å². The Kier molecular flexibility index (Phi) is 5.52. The minimum Gasteiger partial charge on any atom is -0.368 e. The molecule has 3 saturated heterocycles. The van der Waals surface area contributed by atoms with E-state index in [-0.39, 0.29) is 23.8 Å². The predicted octanol–water partition coefficient (Wildman–Crippen LogP) is 0.543. The van der Waals surface area contributed by atoms with Gasteiger partial charge in [-0.2, -0.15) is 0 Å². The first-order chi connectivity index (χ1) is 13.2. The average molecular weight is 373 g/mol. The topological polar surface area (TPSA) is 78.9 Å². The summed E-state index contributed by atoms with van der Waals surface area (Å²) in [6.45, 7) is 4.99. The fraction of sp³-hybridized carbons (Fsp3) is 0.684. The van der Waals surface area contributed by atoms with E-state index in [1.165, 1.54) is 0 Å². The number of likely N-dealkylation sites (tertiary alicyclic amines) is 1. The molecule has 3 aliphatic heterocycles. The maximum Gasteiger partial charge on any atom is 0.251 e. The molecule has 2 amide bonds. The number of rotatable bonds is 3. The lowest BCUT2D eigenvalue weighted by atomic mass is 9.94. The van der Waals surface area contributed by atoms with Crippen molar-refractivity contribution < 1.29 is 14.3 Å². The number of amides is 2. The normalized spacial score (nSPS) is 24.3. The third-order valence-corrected chi connectivity index (χ3v) is 5.83. The molecule has 1 atom stereocenters. The van der Waals surface area contributed by atoms with Gasteiger partial charge in [-0.25, -0.2) is 4.98 Å². The number of carbonyl (C=O) groups is 2. The largest absolute Gasteiger partial charge is 0.368 e. The third kappa shape index (κ3) is 4.05. The number of piperidine rings is 1. The van der Waals surface area contributed by atoms with E-state index >= 15 is 0 Å². The summed E-state index contributed by atoms with van der Waals surface area (Å²) in [5.41, 5.74) is 0. The zero-order valence-corrected chi connectivity index (χ0v) is 15.6. The van der Waals surface area contributed by atoms with E-state index in [1.54, 1.807) is 18.6 Å². The molecule has 8 heteroatoms. The molecule has 1 aromatic heterocycles. The lowest BCUT2D eigenvalue weighted by Crippen LogP contribution is -2.52. The van der Waals surface area contributed by atoms with E-state index in [9.17, 15) is 9.59 Å². The summed E-state index contributed by atoms with van der Waals surface area (Å²) in [5, 5.41) is 0. The number of anilines is 1. The highest BCUT2D eigenvalue weighted by Crippen LogP contribution is 2.23. The van der Waals surface area contributed by atoms with Crippen LogP contribution in [0.15, 0.2) is 18.6 Å². The molecule has 4 rings (SSSR count). The van der Waals surface area contributed by atoms with Gasteiger partial charge in [0.25, 0.3) is 5.91 Å². The summed E-state index contributed by atoms with van der Waals surface area (Å²) in [5.74, 6) is 1.24. The summed E-state index contributed by atoms with van der Waals surface area (Å²) in [6, 6.07) is 0. The molecule has 0 radical (unpaired) electrons. The van der Waals surface area contributed by atoms with Gasteiger partial charge in [-0.15, -0.1) is 0 Å². The highest BCUT2D eigenvalue weighted by molar-refractivity contribution is 5.82. The molecular formula is C19H27N5O3. The molecule has 8 nitrogen and oxygen atoms in total. The van der Waals surface area contributed by atoms with E-state index in [4.69, 9.17) is 4.74 Å². The van der Waals surface area contributed by atoms with Gasteiger partial charge in [0.05, 0.1) is 6.20 Å². The van der Waals surface area contributed by atoms with Crippen LogP contribution in [0.25, 0.3) is 0 Å². The number of nitrogens with zero attached hydrogens (tertiary/aromatic N) is 5. The van der Waals surface area contributed by atoms with Crippen molar-refractivity contribution >= 4 is 17.6 Å². The Bertz CT molecular complexity index is 649. The van der Waals surface area contributed by atoms with Crippen LogP contribution in [0.2, 0.25) is 0 Å². The van der Waals surface area contributed by atoms with Gasteiger partial charge in [0.2, 0.25) is 5.91 Å². The van der Waals surface area contributed by atoms with E-state index in [0.29, 0.717) is 32.8 Å². The van der Waals surface area contributed by atoms with Crippen LogP contribution in [0.4, 0.5) is 5.82 Å². The van der Waals surface area contributed by atoms with Gasteiger partial charge in [0.1, 0.15) is 11.9 Å². The molecule has 4 heterocycles. The Morgan fingerprint density at radius 1 is 0.926 bits per heavy atom. The molecule has 3 fully saturated rings. The van der Waals surface area contributed by atoms with E-state index in [0.717, 1.165) is 44.6 Å². The van der Waals surface area contributed by atoms with Crippen molar-refractivity contribution in [1.82, 2.24) is 19.8 Å². The Labute approximate surface area is 159 Å². The number of hydrogen-bond donors (Lipinski definition) is 0. The van der Waals surface area contributed by atoms with Crippen LogP contribution in [0.1, 0.15) is 25.7 Å². The number of hydrogen-bond acceptors (Lipinski definition) is 6. The van der Waals surface area contributed by atoms with Crippen LogP contribution >= 0.6 is 0 Å². The Morgan fingerprint density at radius 3 is 2.30 bits per heavy atom. The van der Waals surface area contributed by atoms with Crippen molar-refractivity contribution in [3.8, 4) is 0 Å². The second kappa shape index (κ2) is 8.21. The Morgan fingerprint density at radius 2 is 1.67 bits per heavy atom. The van der Waals surface area contributed by atoms with Gasteiger partial charge in [-0.05, 0) is 25.7 Å². The average Bonchev–Trinajstić information content (AvgIpc) is 3.28. The fourth-order valence-electron chi connectivity index (χ4n) is 4.19. The van der Waals surface area contributed by atoms with Gasteiger partial charge in [-0.3, -0.25) is 14.6 Å². The molecule has 0 spiro atoms. The first-order valence-electron chi connectivity index (χ1n) is 9.92. The minimum atomic E-state index is -0.258. The van der Waals surface area contributed by atoms with Crippen LogP contribution in [-0.2, 0) is 14.3 Å². The number of ether oxygens (including phenoxy) is 1. The van der Waals surface area contributed by atoms with Gasteiger partial charge < -0.3 is 19.4 Å². The molecule has 0 N–H and O–H groups in total. The Balaban J connectivity index is 1.24. The smallest absolute Gasteiger partial charge is 0.251 e. The van der Waals surface area contributed by atoms with Crippen molar-refractivity contribution in [1.29, 1.82) is 0 Å². The van der Waals surface area contributed by atoms with Crippen molar-refractivity contribution in [2.24, 2.45) is 5.92 Å². The second-order valence-electron chi connectivity index (χ2n) is 7.48. The number of carbonyl (C=O) groups excluding carboxylic acids is 2. The van der Waals surface area contributed by atoms with Crippen LogP contribution in [-0.4, -0.2) is 83.6 Å². The quantitative estimate of drug-likeness (QED) is 0.770. The Hall–Kier alpha value is -2.22. The van der Waals surface area contributed by atoms with Crippen LogP contribution in [0.5, 0.6) is 0 Å². The zero-order valence-electron chi connectivity index (χ0n) is 15.6. The van der Waals surface area contributed by atoms with Gasteiger partial charge >= 0.3 is 0 Å². The summed E-state index contributed by atoms with van der Waals surface area (Å²) in [7, 11) is 0. The van der Waals surface area contributed by atoms with Crippen molar-refractivity contribution in [2.45, 2.75) is 31.8 Å². The monoisotopic (exact) mass is 373 g/mol. The number of piperazine rings is 1. The lowest BCUT2D eigenvalue weighted by molar-refractivity contribution is -0.146. The summed E-state index contributed by atoms with van der Waals surface area (Å²) in [6.07, 6.45) is 8.16. The minimum absolute atomic E-state index is 0.0293. The first-order valence-corrected chi connectivity index (χ1v) is 9.92. The standard InChI is InChI=1S/C19H27N5O3/c25-18(24-11-9-22(10-12-24)17-14-20-5-6-21-17)15-3-7-23(8-4-15)19(26)16-2-1-13-27-16/h5-6,14-16H,1-4,7-13H2. The molecular weight excluding hydrogens is 346 g/mol. The molecule has 0 aromatic carbocycles. The lowest BCUT2D eigenvalue weighted by Gasteiger charge is -2.39. The molecule has 0 aliphatic carbocycles. The van der Waals surface area contributed by atoms with Gasteiger partial charge in [0, 0.05) is 64.2 Å². The fourth-order valence-corrected chi connectivity index (χ4v) is 4.19. The van der Waals surface area contributed by atoms with Crippen molar-refractivity contribution in [3.05, 3.63) is 18.6 Å². The third-order valence-electron chi connectivity index (χ3n) is 5.83. The second-order valence-corrected chi connectivity index (χ2v) is 7.48. The molecule has 27 heavy (non-hydrogen) atoms. The maximum atomic E-state index is 12.9. The molecule has 146 valence electrons. The molecule has 0 saturated carbocycles. The summed E-state index contributed by atoms with van der Waals surface area (Å²) < 4.78 is 5.50. The molecule has 1 unspecified atom stereocenters. The molecule has 1 aromatic rings. The zero-order chi connectivity index (χ0) is 18.6. The SMILES string of the molecule is O=C(C1CCN(C(=O)C2CCCO2)CC1)N1CCN(c2cnccn2)CC1. The first kappa shape index (κ1) is 18.2. The highest BCUT2D eigenvalue weighted by atomic mass is 16.5. The van der Waals surface area contributed by atoms with Gasteiger partial charge in [0.15, 0.2) is 0 Å². The summed E-state index contributed by atoms with van der Waals surface area (Å²) in [4.78, 5) is 39.8. The molecule has 3 aliphatic rings.